The van der Waals surface area contributed by atoms with Gasteiger partial charge in [-0.25, -0.2) is 9.97 Å². The van der Waals surface area contributed by atoms with E-state index in [0.29, 0.717) is 17.9 Å². The topological polar surface area (TPSA) is 64.9 Å². The van der Waals surface area contributed by atoms with Gasteiger partial charge in [-0.05, 0) is 6.92 Å². The third-order valence-corrected chi connectivity index (χ3v) is 3.04. The van der Waals surface area contributed by atoms with E-state index >= 15 is 0 Å². The molecule has 0 radical (unpaired) electrons. The standard InChI is InChI=1S/C12H15N5O/c1-8-3-11(18-2)16-12(14-8)15-9-4-10-5-13-7-17(10)6-9/h3,5,7,9H,4,6H2,1-2H3,(H,14,15,16). The molecule has 0 aromatic carbocycles. The normalized spacial score (nSPS) is 17.6. The van der Waals surface area contributed by atoms with Gasteiger partial charge in [0, 0.05) is 36.6 Å². The number of nitrogens with one attached hydrogen (secondary N) is 1. The molecule has 3 rings (SSSR count). The van der Waals surface area contributed by atoms with E-state index in [4.69, 9.17) is 4.74 Å². The lowest BCUT2D eigenvalue weighted by atomic mass is 10.2. The van der Waals surface area contributed by atoms with Gasteiger partial charge in [0.1, 0.15) is 0 Å². The molecule has 1 aliphatic rings. The number of ether oxygens (including phenoxy) is 1. The van der Waals surface area contributed by atoms with Gasteiger partial charge in [-0.2, -0.15) is 4.98 Å². The molecule has 94 valence electrons. The summed E-state index contributed by atoms with van der Waals surface area (Å²) in [6, 6.07) is 2.13. The van der Waals surface area contributed by atoms with Gasteiger partial charge in [0.2, 0.25) is 11.8 Å². The lowest BCUT2D eigenvalue weighted by Gasteiger charge is -2.12. The minimum Gasteiger partial charge on any atom is -0.481 e. The van der Waals surface area contributed by atoms with Crippen molar-refractivity contribution in [2.24, 2.45) is 0 Å². The Bertz CT molecular complexity index is 545. The summed E-state index contributed by atoms with van der Waals surface area (Å²) in [6.07, 6.45) is 4.70. The molecule has 3 heterocycles. The van der Waals surface area contributed by atoms with Crippen molar-refractivity contribution in [2.75, 3.05) is 12.4 Å². The van der Waals surface area contributed by atoms with E-state index in [2.05, 4.69) is 24.8 Å². The molecule has 1 atom stereocenters. The van der Waals surface area contributed by atoms with Gasteiger partial charge in [-0.15, -0.1) is 0 Å². The molecule has 2 aromatic rings. The average Bonchev–Trinajstić information content (AvgIpc) is 2.88. The highest BCUT2D eigenvalue weighted by atomic mass is 16.5. The quantitative estimate of drug-likeness (QED) is 0.874. The molecule has 1 unspecified atom stereocenters. The van der Waals surface area contributed by atoms with Crippen molar-refractivity contribution >= 4 is 5.95 Å². The molecule has 6 nitrogen and oxygen atoms in total. The first kappa shape index (κ1) is 11.0. The van der Waals surface area contributed by atoms with E-state index in [9.17, 15) is 0 Å². The summed E-state index contributed by atoms with van der Waals surface area (Å²) in [4.78, 5) is 12.8. The number of rotatable bonds is 3. The number of nitrogens with zero attached hydrogens (tertiary/aromatic N) is 4. The van der Waals surface area contributed by atoms with Crippen LogP contribution in [0.25, 0.3) is 0 Å². The molecular formula is C12H15N5O. The monoisotopic (exact) mass is 245 g/mol. The van der Waals surface area contributed by atoms with Crippen molar-refractivity contribution in [1.29, 1.82) is 0 Å². The Hall–Kier alpha value is -2.11. The summed E-state index contributed by atoms with van der Waals surface area (Å²) in [6.45, 7) is 2.83. The first-order valence-electron chi connectivity index (χ1n) is 5.90. The Morgan fingerprint density at radius 1 is 1.44 bits per heavy atom. The largest absolute Gasteiger partial charge is 0.481 e. The fourth-order valence-corrected chi connectivity index (χ4v) is 2.22. The highest BCUT2D eigenvalue weighted by molar-refractivity contribution is 5.33. The summed E-state index contributed by atoms with van der Waals surface area (Å²) >= 11 is 0. The molecule has 0 aliphatic carbocycles. The lowest BCUT2D eigenvalue weighted by Crippen LogP contribution is -2.22. The number of methoxy groups -OCH3 is 1. The van der Waals surface area contributed by atoms with Crippen LogP contribution in [0.5, 0.6) is 5.88 Å². The van der Waals surface area contributed by atoms with E-state index in [1.807, 2.05) is 25.5 Å². The van der Waals surface area contributed by atoms with Gasteiger partial charge >= 0.3 is 0 Å². The van der Waals surface area contributed by atoms with E-state index < -0.39 is 0 Å². The zero-order chi connectivity index (χ0) is 12.5. The summed E-state index contributed by atoms with van der Waals surface area (Å²) < 4.78 is 7.28. The average molecular weight is 245 g/mol. The molecule has 1 N–H and O–H groups in total. The molecule has 18 heavy (non-hydrogen) atoms. The molecule has 2 aromatic heterocycles. The van der Waals surface area contributed by atoms with Crippen molar-refractivity contribution in [3.63, 3.8) is 0 Å². The molecule has 0 saturated heterocycles. The second kappa shape index (κ2) is 4.29. The molecular weight excluding hydrogens is 230 g/mol. The van der Waals surface area contributed by atoms with Crippen LogP contribution in [-0.4, -0.2) is 32.7 Å². The fourth-order valence-electron chi connectivity index (χ4n) is 2.22. The summed E-state index contributed by atoms with van der Waals surface area (Å²) in [7, 11) is 1.61. The maximum Gasteiger partial charge on any atom is 0.226 e. The van der Waals surface area contributed by atoms with Crippen LogP contribution in [0.3, 0.4) is 0 Å². The number of hydrogen-bond acceptors (Lipinski definition) is 5. The number of hydrogen-bond donors (Lipinski definition) is 1. The Kier molecular flexibility index (Phi) is 2.62. The third-order valence-electron chi connectivity index (χ3n) is 3.04. The van der Waals surface area contributed by atoms with Crippen LogP contribution < -0.4 is 10.1 Å². The van der Waals surface area contributed by atoms with Crippen molar-refractivity contribution < 1.29 is 4.74 Å². The van der Waals surface area contributed by atoms with Crippen LogP contribution in [0.15, 0.2) is 18.6 Å². The van der Waals surface area contributed by atoms with Crippen molar-refractivity contribution in [1.82, 2.24) is 19.5 Å². The van der Waals surface area contributed by atoms with Crippen LogP contribution in [0.2, 0.25) is 0 Å². The predicted octanol–water partition coefficient (Wildman–Crippen LogP) is 1.03. The van der Waals surface area contributed by atoms with Crippen LogP contribution in [0.4, 0.5) is 5.95 Å². The number of anilines is 1. The first-order chi connectivity index (χ1) is 8.74. The van der Waals surface area contributed by atoms with Gasteiger partial charge in [-0.1, -0.05) is 0 Å². The highest BCUT2D eigenvalue weighted by Gasteiger charge is 2.21. The van der Waals surface area contributed by atoms with Crippen LogP contribution in [0, 0.1) is 6.92 Å². The minimum atomic E-state index is 0.314. The number of imidazole rings is 1. The SMILES string of the molecule is COc1cc(C)nc(NC2Cc3cncn3C2)n1. The number of aromatic nitrogens is 4. The molecule has 0 amide bonds. The predicted molar refractivity (Wildman–Crippen MR) is 66.7 cm³/mol. The van der Waals surface area contributed by atoms with Gasteiger partial charge in [0.05, 0.1) is 19.5 Å². The van der Waals surface area contributed by atoms with E-state index in [0.717, 1.165) is 18.7 Å². The Balaban J connectivity index is 1.74. The fraction of sp³-hybridized carbons (Fsp3) is 0.417. The van der Waals surface area contributed by atoms with Crippen LogP contribution in [0.1, 0.15) is 11.4 Å². The van der Waals surface area contributed by atoms with Gasteiger partial charge in [0.15, 0.2) is 0 Å². The maximum absolute atomic E-state index is 5.14. The third kappa shape index (κ3) is 2.01. The zero-order valence-electron chi connectivity index (χ0n) is 10.4. The van der Waals surface area contributed by atoms with E-state index in [1.165, 1.54) is 5.69 Å². The zero-order valence-corrected chi connectivity index (χ0v) is 10.4. The highest BCUT2D eigenvalue weighted by Crippen LogP contribution is 2.18. The van der Waals surface area contributed by atoms with E-state index in [1.54, 1.807) is 7.11 Å². The number of aryl methyl sites for hydroxylation is 1. The summed E-state index contributed by atoms with van der Waals surface area (Å²) in [5.41, 5.74) is 2.13. The molecule has 6 heteroatoms. The molecule has 0 bridgehead atoms. The summed E-state index contributed by atoms with van der Waals surface area (Å²) in [5, 5.41) is 3.34. The van der Waals surface area contributed by atoms with Crippen LogP contribution >= 0.6 is 0 Å². The maximum atomic E-state index is 5.14. The van der Waals surface area contributed by atoms with Gasteiger partial charge in [0.25, 0.3) is 0 Å². The lowest BCUT2D eigenvalue weighted by molar-refractivity contribution is 0.396. The van der Waals surface area contributed by atoms with E-state index in [-0.39, 0.29) is 0 Å². The Morgan fingerprint density at radius 3 is 3.11 bits per heavy atom. The first-order valence-corrected chi connectivity index (χ1v) is 5.90. The molecule has 0 fully saturated rings. The van der Waals surface area contributed by atoms with Gasteiger partial charge < -0.3 is 14.6 Å². The van der Waals surface area contributed by atoms with Gasteiger partial charge in [-0.3, -0.25) is 0 Å². The minimum absolute atomic E-state index is 0.314. The van der Waals surface area contributed by atoms with Crippen LogP contribution in [-0.2, 0) is 13.0 Å². The molecule has 0 spiro atoms. The van der Waals surface area contributed by atoms with Crippen molar-refractivity contribution in [3.8, 4) is 5.88 Å². The molecule has 1 aliphatic heterocycles. The van der Waals surface area contributed by atoms with Crippen molar-refractivity contribution in [2.45, 2.75) is 25.9 Å². The molecule has 0 saturated carbocycles. The van der Waals surface area contributed by atoms with Crippen molar-refractivity contribution in [3.05, 3.63) is 30.0 Å². The second-order valence-electron chi connectivity index (χ2n) is 4.46. The second-order valence-corrected chi connectivity index (χ2v) is 4.46. The Morgan fingerprint density at radius 2 is 2.33 bits per heavy atom. The smallest absolute Gasteiger partial charge is 0.226 e. The summed E-state index contributed by atoms with van der Waals surface area (Å²) in [5.74, 6) is 1.21. The number of fused-ring (bicyclic) bond motifs is 1. The Labute approximate surface area is 105 Å².